The fraction of sp³-hybridized carbons (Fsp3) is 0.467. The van der Waals surface area contributed by atoms with E-state index in [1.807, 2.05) is 0 Å². The van der Waals surface area contributed by atoms with E-state index in [-0.39, 0.29) is 29.0 Å². The molecule has 2 rings (SSSR count). The van der Waals surface area contributed by atoms with Gasteiger partial charge in [0.2, 0.25) is 0 Å². The molecule has 0 spiro atoms. The molecule has 0 aliphatic carbocycles. The highest BCUT2D eigenvalue weighted by atomic mass is 35.5. The van der Waals surface area contributed by atoms with E-state index in [9.17, 15) is 14.7 Å². The van der Waals surface area contributed by atoms with Gasteiger partial charge in [0.25, 0.3) is 5.91 Å². The maximum Gasteiger partial charge on any atom is 0.257 e. The number of phenols is 1. The lowest BCUT2D eigenvalue weighted by atomic mass is 9.96. The lowest BCUT2D eigenvalue weighted by Gasteiger charge is -2.35. The molecule has 1 N–H and O–H groups in total. The van der Waals surface area contributed by atoms with Crippen molar-refractivity contribution in [3.8, 4) is 5.75 Å². The molecule has 1 aliphatic heterocycles. The van der Waals surface area contributed by atoms with Crippen LogP contribution in [0.2, 0.25) is 5.02 Å². The molecule has 0 radical (unpaired) electrons. The number of halogens is 1. The number of rotatable bonds is 3. The van der Waals surface area contributed by atoms with Crippen molar-refractivity contribution < 1.29 is 14.7 Å². The molecule has 1 aromatic rings. The Bertz CT molecular complexity index is 530. The molecular weight excluding hydrogens is 278 g/mol. The van der Waals surface area contributed by atoms with Gasteiger partial charge >= 0.3 is 0 Å². The summed E-state index contributed by atoms with van der Waals surface area (Å²) in [6.07, 6.45) is 3.16. The largest absolute Gasteiger partial charge is 0.507 e. The fourth-order valence-corrected chi connectivity index (χ4v) is 2.82. The quantitative estimate of drug-likeness (QED) is 0.932. The SMILES string of the molecule is CC(=O)CC1CCCCN1C(=O)c1ccc(Cl)cc1O. The Balaban J connectivity index is 2.22. The third kappa shape index (κ3) is 3.31. The summed E-state index contributed by atoms with van der Waals surface area (Å²) in [4.78, 5) is 25.6. The minimum Gasteiger partial charge on any atom is -0.507 e. The third-order valence-electron chi connectivity index (χ3n) is 3.60. The number of ketones is 1. The zero-order valence-corrected chi connectivity index (χ0v) is 12.2. The molecule has 20 heavy (non-hydrogen) atoms. The monoisotopic (exact) mass is 295 g/mol. The van der Waals surface area contributed by atoms with Crippen LogP contribution in [0.25, 0.3) is 0 Å². The van der Waals surface area contributed by atoms with Crippen LogP contribution < -0.4 is 0 Å². The lowest BCUT2D eigenvalue weighted by Crippen LogP contribution is -2.44. The van der Waals surface area contributed by atoms with Crippen molar-refractivity contribution >= 4 is 23.3 Å². The lowest BCUT2D eigenvalue weighted by molar-refractivity contribution is -0.118. The van der Waals surface area contributed by atoms with E-state index < -0.39 is 0 Å². The Morgan fingerprint density at radius 3 is 2.80 bits per heavy atom. The van der Waals surface area contributed by atoms with Gasteiger partial charge in [0.05, 0.1) is 5.56 Å². The average Bonchev–Trinajstić information content (AvgIpc) is 2.38. The van der Waals surface area contributed by atoms with Gasteiger partial charge in [0.1, 0.15) is 11.5 Å². The van der Waals surface area contributed by atoms with Crippen LogP contribution in [0, 0.1) is 0 Å². The van der Waals surface area contributed by atoms with Gasteiger partial charge in [-0.25, -0.2) is 0 Å². The van der Waals surface area contributed by atoms with Crippen molar-refractivity contribution in [2.75, 3.05) is 6.54 Å². The minimum atomic E-state index is -0.231. The van der Waals surface area contributed by atoms with Gasteiger partial charge < -0.3 is 10.0 Å². The highest BCUT2D eigenvalue weighted by Gasteiger charge is 2.29. The summed E-state index contributed by atoms with van der Waals surface area (Å²) < 4.78 is 0. The van der Waals surface area contributed by atoms with E-state index in [0.717, 1.165) is 19.3 Å². The van der Waals surface area contributed by atoms with Crippen LogP contribution >= 0.6 is 11.6 Å². The summed E-state index contributed by atoms with van der Waals surface area (Å²) in [6.45, 7) is 2.16. The summed E-state index contributed by atoms with van der Waals surface area (Å²) in [5.74, 6) is -0.269. The van der Waals surface area contributed by atoms with Gasteiger partial charge in [-0.15, -0.1) is 0 Å². The summed E-state index contributed by atoms with van der Waals surface area (Å²) in [6, 6.07) is 4.40. The molecule has 1 heterocycles. The smallest absolute Gasteiger partial charge is 0.257 e. The highest BCUT2D eigenvalue weighted by molar-refractivity contribution is 6.30. The molecule has 0 bridgehead atoms. The molecule has 1 fully saturated rings. The number of piperidine rings is 1. The van der Waals surface area contributed by atoms with Gasteiger partial charge in [0, 0.05) is 24.0 Å². The number of likely N-dealkylation sites (tertiary alicyclic amines) is 1. The Morgan fingerprint density at radius 1 is 1.40 bits per heavy atom. The highest BCUT2D eigenvalue weighted by Crippen LogP contribution is 2.27. The molecule has 1 aromatic carbocycles. The molecular formula is C15H18ClNO3. The van der Waals surface area contributed by atoms with Crippen LogP contribution in [0.4, 0.5) is 0 Å². The third-order valence-corrected chi connectivity index (χ3v) is 3.84. The second-order valence-corrected chi connectivity index (χ2v) is 5.65. The standard InChI is InChI=1S/C15H18ClNO3/c1-10(18)8-12-4-2-3-7-17(12)15(20)13-6-5-11(16)9-14(13)19/h5-6,9,12,19H,2-4,7-8H2,1H3. The zero-order valence-electron chi connectivity index (χ0n) is 11.4. The van der Waals surface area contributed by atoms with Gasteiger partial charge in [-0.2, -0.15) is 0 Å². The Morgan fingerprint density at radius 2 is 2.15 bits per heavy atom. The molecule has 0 saturated carbocycles. The molecule has 4 nitrogen and oxygen atoms in total. The first-order chi connectivity index (χ1) is 9.49. The molecule has 1 unspecified atom stereocenters. The second-order valence-electron chi connectivity index (χ2n) is 5.22. The molecule has 5 heteroatoms. The van der Waals surface area contributed by atoms with Crippen molar-refractivity contribution in [3.63, 3.8) is 0 Å². The van der Waals surface area contributed by atoms with Crippen LogP contribution in [0.3, 0.4) is 0 Å². The number of hydrogen-bond acceptors (Lipinski definition) is 3. The Kier molecular flexibility index (Phi) is 4.65. The summed E-state index contributed by atoms with van der Waals surface area (Å²) in [5.41, 5.74) is 0.241. The average molecular weight is 296 g/mol. The van der Waals surface area contributed by atoms with E-state index in [2.05, 4.69) is 0 Å². The summed E-state index contributed by atoms with van der Waals surface area (Å²) in [7, 11) is 0. The zero-order chi connectivity index (χ0) is 14.7. The van der Waals surface area contributed by atoms with Crippen LogP contribution in [0.1, 0.15) is 43.0 Å². The number of aromatic hydroxyl groups is 1. The van der Waals surface area contributed by atoms with Gasteiger partial charge in [-0.05, 0) is 44.4 Å². The van der Waals surface area contributed by atoms with E-state index >= 15 is 0 Å². The van der Waals surface area contributed by atoms with Crippen LogP contribution in [0.15, 0.2) is 18.2 Å². The number of carbonyl (C=O) groups is 2. The van der Waals surface area contributed by atoms with E-state index in [1.54, 1.807) is 11.0 Å². The van der Waals surface area contributed by atoms with E-state index in [0.29, 0.717) is 18.0 Å². The van der Waals surface area contributed by atoms with Gasteiger partial charge in [-0.3, -0.25) is 9.59 Å². The number of benzene rings is 1. The second kappa shape index (κ2) is 6.27. The number of hydrogen-bond donors (Lipinski definition) is 1. The Hall–Kier alpha value is -1.55. The number of amides is 1. The minimum absolute atomic E-state index is 0.0659. The summed E-state index contributed by atoms with van der Waals surface area (Å²) in [5, 5.41) is 10.2. The topological polar surface area (TPSA) is 57.6 Å². The molecule has 0 aromatic heterocycles. The first-order valence-electron chi connectivity index (χ1n) is 6.78. The van der Waals surface area contributed by atoms with Crippen LogP contribution in [0.5, 0.6) is 5.75 Å². The molecule has 108 valence electrons. The predicted molar refractivity (Wildman–Crippen MR) is 77.1 cm³/mol. The first-order valence-corrected chi connectivity index (χ1v) is 7.15. The van der Waals surface area contributed by atoms with Crippen molar-refractivity contribution in [3.05, 3.63) is 28.8 Å². The van der Waals surface area contributed by atoms with Gasteiger partial charge in [-0.1, -0.05) is 11.6 Å². The van der Waals surface area contributed by atoms with E-state index in [4.69, 9.17) is 11.6 Å². The molecule has 1 aliphatic rings. The Labute approximate surface area is 123 Å². The fourth-order valence-electron chi connectivity index (χ4n) is 2.65. The number of Topliss-reactive ketones (excluding diaryl/α,β-unsaturated/α-hetero) is 1. The number of phenolic OH excluding ortho intramolecular Hbond substituents is 1. The number of carbonyl (C=O) groups excluding carboxylic acids is 2. The van der Waals surface area contributed by atoms with Crippen molar-refractivity contribution in [2.45, 2.75) is 38.6 Å². The van der Waals surface area contributed by atoms with Crippen molar-refractivity contribution in [2.24, 2.45) is 0 Å². The van der Waals surface area contributed by atoms with Crippen molar-refractivity contribution in [1.82, 2.24) is 4.90 Å². The van der Waals surface area contributed by atoms with E-state index in [1.165, 1.54) is 19.1 Å². The van der Waals surface area contributed by atoms with Gasteiger partial charge in [0.15, 0.2) is 0 Å². The molecule has 1 amide bonds. The number of nitrogens with zero attached hydrogens (tertiary/aromatic N) is 1. The summed E-state index contributed by atoms with van der Waals surface area (Å²) >= 11 is 5.78. The predicted octanol–water partition coefficient (Wildman–Crippen LogP) is 3.02. The maximum atomic E-state index is 12.5. The first kappa shape index (κ1) is 14.9. The molecule has 1 atom stereocenters. The van der Waals surface area contributed by atoms with Crippen LogP contribution in [-0.2, 0) is 4.79 Å². The normalized spacial score (nSPS) is 18.9. The molecule has 1 saturated heterocycles. The van der Waals surface area contributed by atoms with Crippen molar-refractivity contribution in [1.29, 1.82) is 0 Å². The maximum absolute atomic E-state index is 12.5. The van der Waals surface area contributed by atoms with Crippen LogP contribution in [-0.4, -0.2) is 34.3 Å².